The van der Waals surface area contributed by atoms with Crippen LogP contribution in [0, 0.1) is 6.92 Å². The Bertz CT molecular complexity index is 617. The largest absolute Gasteiger partial charge is 0.363 e. The van der Waals surface area contributed by atoms with Crippen molar-refractivity contribution in [2.75, 3.05) is 18.0 Å². The molecule has 0 saturated heterocycles. The van der Waals surface area contributed by atoms with Crippen LogP contribution in [0.15, 0.2) is 30.5 Å². The van der Waals surface area contributed by atoms with Gasteiger partial charge in [0.25, 0.3) is 0 Å². The molecule has 1 atom stereocenters. The summed E-state index contributed by atoms with van der Waals surface area (Å²) in [5.74, 6) is 0. The number of anilines is 1. The zero-order valence-corrected chi connectivity index (χ0v) is 12.9. The van der Waals surface area contributed by atoms with Gasteiger partial charge >= 0.3 is 0 Å². The van der Waals surface area contributed by atoms with Crippen LogP contribution in [0.25, 0.3) is 0 Å². The van der Waals surface area contributed by atoms with Crippen molar-refractivity contribution >= 4 is 5.69 Å². The summed E-state index contributed by atoms with van der Waals surface area (Å²) >= 11 is 0. The molecule has 1 unspecified atom stereocenters. The summed E-state index contributed by atoms with van der Waals surface area (Å²) in [5, 5.41) is 4.49. The Morgan fingerprint density at radius 2 is 2.10 bits per heavy atom. The number of fused-ring (bicyclic) bond motifs is 1. The quantitative estimate of drug-likeness (QED) is 0.942. The molecule has 0 spiro atoms. The third kappa shape index (κ3) is 2.68. The Kier molecular flexibility index (Phi) is 3.97. The van der Waals surface area contributed by atoms with E-state index in [-0.39, 0.29) is 6.04 Å². The van der Waals surface area contributed by atoms with Gasteiger partial charge in [-0.15, -0.1) is 0 Å². The molecule has 0 aliphatic carbocycles. The highest BCUT2D eigenvalue weighted by atomic mass is 15.3. The molecule has 1 aliphatic heterocycles. The zero-order valence-electron chi connectivity index (χ0n) is 12.9. The Hall–Kier alpha value is -1.81. The van der Waals surface area contributed by atoms with E-state index in [2.05, 4.69) is 47.4 Å². The number of rotatable bonds is 3. The van der Waals surface area contributed by atoms with E-state index in [1.54, 1.807) is 0 Å². The van der Waals surface area contributed by atoms with Gasteiger partial charge in [-0.3, -0.25) is 4.68 Å². The van der Waals surface area contributed by atoms with Crippen molar-refractivity contribution in [1.82, 2.24) is 9.78 Å². The summed E-state index contributed by atoms with van der Waals surface area (Å²) in [6, 6.07) is 8.94. The van der Waals surface area contributed by atoms with Crippen LogP contribution in [0.2, 0.25) is 0 Å². The van der Waals surface area contributed by atoms with Gasteiger partial charge in [0.1, 0.15) is 0 Å². The van der Waals surface area contributed by atoms with Crippen molar-refractivity contribution in [2.45, 2.75) is 32.2 Å². The Morgan fingerprint density at radius 1 is 1.29 bits per heavy atom. The SMILES string of the molecule is Cc1nn(C)cc1C(CN)N1CCCCc2ccccc21. The minimum atomic E-state index is 0.206. The Balaban J connectivity index is 2.02. The summed E-state index contributed by atoms with van der Waals surface area (Å²) in [5.41, 5.74) is 11.2. The van der Waals surface area contributed by atoms with Gasteiger partial charge in [0, 0.05) is 37.6 Å². The van der Waals surface area contributed by atoms with Crippen LogP contribution >= 0.6 is 0 Å². The monoisotopic (exact) mass is 284 g/mol. The first-order chi connectivity index (χ1) is 10.2. The summed E-state index contributed by atoms with van der Waals surface area (Å²) in [6.45, 7) is 3.75. The molecule has 1 aromatic carbocycles. The summed E-state index contributed by atoms with van der Waals surface area (Å²) in [7, 11) is 1.97. The number of nitrogens with two attached hydrogens (primary N) is 1. The van der Waals surface area contributed by atoms with E-state index in [1.165, 1.54) is 29.7 Å². The maximum absolute atomic E-state index is 6.14. The second-order valence-corrected chi connectivity index (χ2v) is 5.87. The lowest BCUT2D eigenvalue weighted by Gasteiger charge is -2.33. The molecule has 1 aliphatic rings. The molecule has 0 radical (unpaired) electrons. The van der Waals surface area contributed by atoms with Crippen LogP contribution in [0.5, 0.6) is 0 Å². The van der Waals surface area contributed by atoms with Gasteiger partial charge in [-0.05, 0) is 37.8 Å². The van der Waals surface area contributed by atoms with Gasteiger partial charge in [-0.25, -0.2) is 0 Å². The molecule has 0 amide bonds. The molecule has 4 nitrogen and oxygen atoms in total. The van der Waals surface area contributed by atoms with Crippen LogP contribution in [0.3, 0.4) is 0 Å². The Labute approximate surface area is 126 Å². The zero-order chi connectivity index (χ0) is 14.8. The van der Waals surface area contributed by atoms with Crippen molar-refractivity contribution in [3.63, 3.8) is 0 Å². The second-order valence-electron chi connectivity index (χ2n) is 5.87. The molecule has 0 bridgehead atoms. The fraction of sp³-hybridized carbons (Fsp3) is 0.471. The van der Waals surface area contributed by atoms with Gasteiger partial charge in [-0.2, -0.15) is 5.10 Å². The number of hydrogen-bond acceptors (Lipinski definition) is 3. The number of nitrogens with zero attached hydrogens (tertiary/aromatic N) is 3. The van der Waals surface area contributed by atoms with Gasteiger partial charge < -0.3 is 10.6 Å². The predicted molar refractivity (Wildman–Crippen MR) is 86.5 cm³/mol. The minimum absolute atomic E-state index is 0.206. The topological polar surface area (TPSA) is 47.1 Å². The highest BCUT2D eigenvalue weighted by molar-refractivity contribution is 5.56. The van der Waals surface area contributed by atoms with E-state index < -0.39 is 0 Å². The lowest BCUT2D eigenvalue weighted by atomic mass is 10.0. The molecule has 3 rings (SSSR count). The molecular formula is C17H24N4. The van der Waals surface area contributed by atoms with Gasteiger partial charge in [0.2, 0.25) is 0 Å². The fourth-order valence-corrected chi connectivity index (χ4v) is 3.41. The van der Waals surface area contributed by atoms with E-state index in [0.717, 1.165) is 18.7 Å². The van der Waals surface area contributed by atoms with Gasteiger partial charge in [0.05, 0.1) is 11.7 Å². The normalized spacial score (nSPS) is 16.4. The molecule has 4 heteroatoms. The van der Waals surface area contributed by atoms with E-state index in [4.69, 9.17) is 5.73 Å². The maximum Gasteiger partial charge on any atom is 0.0698 e. The number of aromatic nitrogens is 2. The average Bonchev–Trinajstić information content (AvgIpc) is 2.70. The van der Waals surface area contributed by atoms with Crippen LogP contribution in [0.1, 0.15) is 35.7 Å². The third-order valence-corrected chi connectivity index (χ3v) is 4.41. The highest BCUT2D eigenvalue weighted by Gasteiger charge is 2.25. The first-order valence-electron chi connectivity index (χ1n) is 7.75. The summed E-state index contributed by atoms with van der Waals surface area (Å²) in [6.07, 6.45) is 5.73. The fourth-order valence-electron chi connectivity index (χ4n) is 3.41. The molecule has 2 heterocycles. The molecule has 0 fully saturated rings. The van der Waals surface area contributed by atoms with E-state index in [0.29, 0.717) is 6.54 Å². The van der Waals surface area contributed by atoms with Crippen molar-refractivity contribution in [3.8, 4) is 0 Å². The molecule has 2 N–H and O–H groups in total. The number of aryl methyl sites for hydroxylation is 3. The predicted octanol–water partition coefficient (Wildman–Crippen LogP) is 2.57. The molecule has 2 aromatic rings. The number of para-hydroxylation sites is 1. The second kappa shape index (κ2) is 5.90. The lowest BCUT2D eigenvalue weighted by Crippen LogP contribution is -2.34. The molecule has 21 heavy (non-hydrogen) atoms. The van der Waals surface area contributed by atoms with E-state index in [9.17, 15) is 0 Å². The third-order valence-electron chi connectivity index (χ3n) is 4.41. The van der Waals surface area contributed by atoms with Gasteiger partial charge in [0.15, 0.2) is 0 Å². The number of hydrogen-bond donors (Lipinski definition) is 1. The minimum Gasteiger partial charge on any atom is -0.363 e. The standard InChI is InChI=1S/C17H24N4/c1-13-15(12-20(2)19-13)17(11-18)21-10-6-5-8-14-7-3-4-9-16(14)21/h3-4,7,9,12,17H,5-6,8,10-11,18H2,1-2H3. The van der Waals surface area contributed by atoms with Crippen LogP contribution in [-0.4, -0.2) is 22.9 Å². The van der Waals surface area contributed by atoms with Crippen molar-refractivity contribution in [3.05, 3.63) is 47.3 Å². The van der Waals surface area contributed by atoms with E-state index >= 15 is 0 Å². The van der Waals surface area contributed by atoms with Crippen molar-refractivity contribution in [1.29, 1.82) is 0 Å². The van der Waals surface area contributed by atoms with Crippen LogP contribution < -0.4 is 10.6 Å². The maximum atomic E-state index is 6.14. The molecule has 0 saturated carbocycles. The first-order valence-corrected chi connectivity index (χ1v) is 7.75. The summed E-state index contributed by atoms with van der Waals surface area (Å²) < 4.78 is 1.89. The smallest absolute Gasteiger partial charge is 0.0698 e. The highest BCUT2D eigenvalue weighted by Crippen LogP contribution is 2.33. The van der Waals surface area contributed by atoms with E-state index in [1.807, 2.05) is 11.7 Å². The first kappa shape index (κ1) is 14.1. The summed E-state index contributed by atoms with van der Waals surface area (Å²) in [4.78, 5) is 2.48. The molecular weight excluding hydrogens is 260 g/mol. The van der Waals surface area contributed by atoms with Crippen LogP contribution in [0.4, 0.5) is 5.69 Å². The van der Waals surface area contributed by atoms with Crippen molar-refractivity contribution < 1.29 is 0 Å². The molecule has 112 valence electrons. The lowest BCUT2D eigenvalue weighted by molar-refractivity contribution is 0.608. The van der Waals surface area contributed by atoms with Gasteiger partial charge in [-0.1, -0.05) is 18.2 Å². The van der Waals surface area contributed by atoms with Crippen LogP contribution in [-0.2, 0) is 13.5 Å². The van der Waals surface area contributed by atoms with Crippen molar-refractivity contribution in [2.24, 2.45) is 12.8 Å². The number of benzene rings is 1. The molecule has 1 aromatic heterocycles. The Morgan fingerprint density at radius 3 is 2.81 bits per heavy atom. The average molecular weight is 284 g/mol.